The van der Waals surface area contributed by atoms with E-state index in [2.05, 4.69) is 61.8 Å². The summed E-state index contributed by atoms with van der Waals surface area (Å²) in [6.07, 6.45) is 9.44. The monoisotopic (exact) mass is 879 g/mol. The van der Waals surface area contributed by atoms with Crippen molar-refractivity contribution in [3.63, 3.8) is 0 Å². The molecule has 3 aliphatic heterocycles. The smallest absolute Gasteiger partial charge is 0.329 e. The van der Waals surface area contributed by atoms with Gasteiger partial charge in [0.25, 0.3) is 5.91 Å². The number of piperazine rings is 1. The SMILES string of the molecule is COc1cc(N2CCN(CCc3cccc4c3n(C)c(=O)n4C3CCC(=O)NC3=O)CC2)ccc1-c1cc(C2=CCCN(C(=O)CCn3ccnn3)C2)cc2cc(C(=O)N(C)C)cnc12. The fraction of sp³-hybridized carbons (Fsp3) is 0.375. The predicted octanol–water partition coefficient (Wildman–Crippen LogP) is 3.91. The summed E-state index contributed by atoms with van der Waals surface area (Å²) in [4.78, 5) is 77.6. The van der Waals surface area contributed by atoms with Gasteiger partial charge in [0, 0.05) is 120 Å². The van der Waals surface area contributed by atoms with E-state index in [9.17, 15) is 24.0 Å². The zero-order valence-electron chi connectivity index (χ0n) is 37.2. The van der Waals surface area contributed by atoms with Gasteiger partial charge in [-0.3, -0.25) is 48.2 Å². The maximum Gasteiger partial charge on any atom is 0.329 e. The Hall–Kier alpha value is -7.14. The van der Waals surface area contributed by atoms with Crippen LogP contribution in [0.2, 0.25) is 0 Å². The molecule has 4 amide bonds. The molecule has 1 N–H and O–H groups in total. The van der Waals surface area contributed by atoms with Gasteiger partial charge >= 0.3 is 5.69 Å². The molecule has 65 heavy (non-hydrogen) atoms. The summed E-state index contributed by atoms with van der Waals surface area (Å²) >= 11 is 0. The van der Waals surface area contributed by atoms with Gasteiger partial charge in [-0.25, -0.2) is 4.79 Å². The minimum atomic E-state index is -0.721. The van der Waals surface area contributed by atoms with Crippen molar-refractivity contribution < 1.29 is 23.9 Å². The Balaban J connectivity index is 0.926. The number of piperidine rings is 1. The molecule has 1 unspecified atom stereocenters. The Morgan fingerprint density at radius 2 is 1.78 bits per heavy atom. The number of anilines is 1. The summed E-state index contributed by atoms with van der Waals surface area (Å²) in [5.74, 6) is -0.140. The standard InChI is InChI=1S/C48H53N11O6/c1-53(2)47(63)35-26-34-25-33(32-8-6-17-57(30-32)43(61)15-19-58-20-16-50-52-58)27-38(44(34)49-29-35)37-11-10-36(28-41(37)65-4)56-23-21-55(22-24-56)18-14-31-7-5-9-39-45(31)54(3)48(64)59(39)40-12-13-42(60)51-46(40)62/h5,7-11,16,20,25-29,40H,6,12-15,17-19,21-24,30H2,1-4H3,(H,51,60,62). The summed E-state index contributed by atoms with van der Waals surface area (Å²) in [6, 6.07) is 17.5. The number of aryl methyl sites for hydroxylation is 2. The van der Waals surface area contributed by atoms with Crippen LogP contribution in [-0.4, -0.2) is 134 Å². The minimum absolute atomic E-state index is 0.0516. The van der Waals surface area contributed by atoms with Crippen molar-refractivity contribution in [3.8, 4) is 16.9 Å². The topological polar surface area (TPSA) is 173 Å². The number of amides is 4. The average molecular weight is 880 g/mol. The number of benzene rings is 3. The van der Waals surface area contributed by atoms with E-state index in [-0.39, 0.29) is 29.8 Å². The molecule has 17 nitrogen and oxygen atoms in total. The average Bonchev–Trinajstić information content (AvgIpc) is 3.94. The number of nitrogens with one attached hydrogen (secondary N) is 1. The number of fused-ring (bicyclic) bond motifs is 2. The van der Waals surface area contributed by atoms with Crippen LogP contribution in [0.1, 0.15) is 53.2 Å². The predicted molar refractivity (Wildman–Crippen MR) is 247 cm³/mol. The van der Waals surface area contributed by atoms with Gasteiger partial charge in [0.1, 0.15) is 11.8 Å². The van der Waals surface area contributed by atoms with Gasteiger partial charge < -0.3 is 19.4 Å². The molecular weight excluding hydrogens is 827 g/mol. The van der Waals surface area contributed by atoms with E-state index in [1.54, 1.807) is 61.0 Å². The molecule has 6 heterocycles. The van der Waals surface area contributed by atoms with Crippen LogP contribution in [0.3, 0.4) is 0 Å². The quantitative estimate of drug-likeness (QED) is 0.177. The molecule has 0 saturated carbocycles. The molecule has 2 fully saturated rings. The normalized spacial score (nSPS) is 17.1. The lowest BCUT2D eigenvalue weighted by Gasteiger charge is -2.36. The Morgan fingerprint density at radius 1 is 0.954 bits per heavy atom. The maximum atomic E-state index is 13.5. The zero-order chi connectivity index (χ0) is 45.4. The molecule has 1 atom stereocenters. The first kappa shape index (κ1) is 43.1. The number of imide groups is 1. The van der Waals surface area contributed by atoms with E-state index in [1.807, 2.05) is 29.2 Å². The third kappa shape index (κ3) is 8.62. The highest BCUT2D eigenvalue weighted by Crippen LogP contribution is 2.40. The van der Waals surface area contributed by atoms with E-state index in [1.165, 1.54) is 4.57 Å². The van der Waals surface area contributed by atoms with Crippen LogP contribution in [0.15, 0.2) is 84.1 Å². The second-order valence-electron chi connectivity index (χ2n) is 17.2. The molecule has 6 aromatic rings. The number of methoxy groups -OCH3 is 1. The van der Waals surface area contributed by atoms with Crippen LogP contribution in [0.4, 0.5) is 5.69 Å². The molecule has 3 aromatic carbocycles. The third-order valence-corrected chi connectivity index (χ3v) is 13.0. The number of carbonyl (C=O) groups is 4. The molecule has 17 heteroatoms. The van der Waals surface area contributed by atoms with Crippen LogP contribution in [0, 0.1) is 0 Å². The molecule has 0 radical (unpaired) electrons. The number of nitrogens with zero attached hydrogens (tertiary/aromatic N) is 10. The Morgan fingerprint density at radius 3 is 2.54 bits per heavy atom. The highest BCUT2D eigenvalue weighted by molar-refractivity contribution is 6.03. The van der Waals surface area contributed by atoms with Gasteiger partial charge in [0.05, 0.1) is 42.0 Å². The third-order valence-electron chi connectivity index (χ3n) is 13.0. The first-order valence-electron chi connectivity index (χ1n) is 22.1. The van der Waals surface area contributed by atoms with E-state index >= 15 is 0 Å². The van der Waals surface area contributed by atoms with Gasteiger partial charge in [0.2, 0.25) is 17.7 Å². The van der Waals surface area contributed by atoms with Crippen molar-refractivity contribution in [2.45, 2.75) is 44.7 Å². The molecule has 0 bridgehead atoms. The van der Waals surface area contributed by atoms with E-state index < -0.39 is 11.9 Å². The van der Waals surface area contributed by atoms with Crippen LogP contribution < -0.4 is 20.6 Å². The lowest BCUT2D eigenvalue weighted by molar-refractivity contribution is -0.136. The molecule has 2 saturated heterocycles. The van der Waals surface area contributed by atoms with Gasteiger partial charge in [-0.15, -0.1) is 5.10 Å². The second-order valence-corrected chi connectivity index (χ2v) is 17.2. The van der Waals surface area contributed by atoms with E-state index in [0.29, 0.717) is 49.3 Å². The molecule has 3 aliphatic rings. The fourth-order valence-corrected chi connectivity index (χ4v) is 9.46. The van der Waals surface area contributed by atoms with Crippen LogP contribution >= 0.6 is 0 Å². The lowest BCUT2D eigenvalue weighted by atomic mass is 9.92. The number of imidazole rings is 1. The molecule has 9 rings (SSSR count). The van der Waals surface area contributed by atoms with Crippen LogP contribution in [-0.2, 0) is 34.4 Å². The first-order valence-corrected chi connectivity index (χ1v) is 22.1. The number of rotatable bonds is 12. The molecule has 3 aromatic heterocycles. The van der Waals surface area contributed by atoms with Gasteiger partial charge in [0.15, 0.2) is 0 Å². The first-order chi connectivity index (χ1) is 31.5. The van der Waals surface area contributed by atoms with Gasteiger partial charge in [-0.2, -0.15) is 0 Å². The van der Waals surface area contributed by atoms with Gasteiger partial charge in [-0.1, -0.05) is 23.4 Å². The van der Waals surface area contributed by atoms with Crippen molar-refractivity contribution in [1.29, 1.82) is 0 Å². The van der Waals surface area contributed by atoms with E-state index in [4.69, 9.17) is 9.72 Å². The Labute approximate surface area is 375 Å². The summed E-state index contributed by atoms with van der Waals surface area (Å²) in [5.41, 5.74) is 8.26. The lowest BCUT2D eigenvalue weighted by Crippen LogP contribution is -2.47. The Kier molecular flexibility index (Phi) is 12.0. The van der Waals surface area contributed by atoms with Crippen molar-refractivity contribution >= 4 is 56.8 Å². The maximum absolute atomic E-state index is 13.5. The Bertz CT molecular complexity index is 2910. The number of pyridine rings is 1. The number of hydrogen-bond acceptors (Lipinski definition) is 11. The van der Waals surface area contributed by atoms with Crippen molar-refractivity contribution in [2.24, 2.45) is 7.05 Å². The van der Waals surface area contributed by atoms with Gasteiger partial charge in [-0.05, 0) is 72.4 Å². The highest BCUT2D eigenvalue weighted by atomic mass is 16.5. The van der Waals surface area contributed by atoms with Crippen molar-refractivity contribution in [2.75, 3.05) is 71.9 Å². The number of aromatic nitrogens is 6. The summed E-state index contributed by atoms with van der Waals surface area (Å²) in [5, 5.41) is 11.0. The molecular formula is C48H53N11O6. The minimum Gasteiger partial charge on any atom is -0.496 e. The van der Waals surface area contributed by atoms with Crippen LogP contribution in [0.25, 0.3) is 38.6 Å². The highest BCUT2D eigenvalue weighted by Gasteiger charge is 2.32. The number of carbonyl (C=O) groups excluding carboxylic acids is 4. The van der Waals surface area contributed by atoms with Crippen molar-refractivity contribution in [1.82, 2.24) is 49.1 Å². The number of para-hydroxylation sites is 1. The number of ether oxygens (including phenoxy) is 1. The second kappa shape index (κ2) is 18.2. The van der Waals surface area contributed by atoms with Crippen molar-refractivity contribution in [3.05, 3.63) is 106 Å². The summed E-state index contributed by atoms with van der Waals surface area (Å²) < 4.78 is 10.9. The molecule has 0 spiro atoms. The molecule has 336 valence electrons. The zero-order valence-corrected chi connectivity index (χ0v) is 37.2. The van der Waals surface area contributed by atoms with Crippen LogP contribution in [0.5, 0.6) is 5.75 Å². The van der Waals surface area contributed by atoms with E-state index in [0.717, 1.165) is 95.5 Å². The largest absolute Gasteiger partial charge is 0.496 e. The fourth-order valence-electron chi connectivity index (χ4n) is 9.46. The number of hydrogen-bond donors (Lipinski definition) is 1. The summed E-state index contributed by atoms with van der Waals surface area (Å²) in [7, 11) is 6.87. The summed E-state index contributed by atoms with van der Waals surface area (Å²) in [6.45, 7) is 5.66. The molecule has 0 aliphatic carbocycles.